The standard InChI is InChI=1S/C22H30N3O2/c1-4-23(5-2)18-10-7-16(8-11-18)14-20-21(26)24(6-3)22(27-20)25-15-17-9-12-19(25)13-17/h7-8,10-11,14,17,19H,4-6,9,12-13,15H2,1-3H3/q+1. The Hall–Kier alpha value is -2.30. The highest BCUT2D eigenvalue weighted by molar-refractivity contribution is 6.10. The number of carbonyl (C=O) groups excluding carboxylic acids is 1. The van der Waals surface area contributed by atoms with Crippen LogP contribution < -0.4 is 4.90 Å². The number of hydrogen-bond donors (Lipinski definition) is 0. The SMILES string of the molecule is CCN1C(=O)C(=Cc2ccc(N(CC)CC)cc2)OC1=[N+]1CC2CCC1C2. The van der Waals surface area contributed by atoms with Gasteiger partial charge in [0.2, 0.25) is 5.76 Å². The van der Waals surface area contributed by atoms with Crippen LogP contribution in [0.5, 0.6) is 0 Å². The first-order chi connectivity index (χ1) is 13.1. The van der Waals surface area contributed by atoms with Crippen molar-refractivity contribution in [1.29, 1.82) is 0 Å². The van der Waals surface area contributed by atoms with Crippen LogP contribution in [-0.2, 0) is 9.53 Å². The van der Waals surface area contributed by atoms with Gasteiger partial charge < -0.3 is 9.64 Å². The molecule has 3 aliphatic rings. The second kappa shape index (κ2) is 7.37. The summed E-state index contributed by atoms with van der Waals surface area (Å²) in [6.07, 6.45) is 5.65. The van der Waals surface area contributed by atoms with Gasteiger partial charge in [-0.1, -0.05) is 12.1 Å². The van der Waals surface area contributed by atoms with Gasteiger partial charge in [0, 0.05) is 24.7 Å². The smallest absolute Gasteiger partial charge is 0.383 e. The molecule has 1 aromatic rings. The molecule has 4 rings (SSSR count). The molecule has 0 radical (unpaired) electrons. The molecule has 1 saturated carbocycles. The zero-order valence-corrected chi connectivity index (χ0v) is 16.6. The zero-order chi connectivity index (χ0) is 19.0. The molecule has 144 valence electrons. The number of benzene rings is 1. The van der Waals surface area contributed by atoms with E-state index in [1.165, 1.54) is 24.9 Å². The molecule has 1 aromatic carbocycles. The van der Waals surface area contributed by atoms with Gasteiger partial charge in [-0.2, -0.15) is 4.90 Å². The minimum atomic E-state index is -0.0249. The largest absolute Gasteiger partial charge is 0.460 e. The second-order valence-electron chi connectivity index (χ2n) is 7.69. The summed E-state index contributed by atoms with van der Waals surface area (Å²) in [6, 6.07) is 9.63. The van der Waals surface area contributed by atoms with Gasteiger partial charge in [0.15, 0.2) is 0 Å². The van der Waals surface area contributed by atoms with Crippen LogP contribution in [0.15, 0.2) is 30.0 Å². The maximum atomic E-state index is 12.9. The van der Waals surface area contributed by atoms with Crippen molar-refractivity contribution in [1.82, 2.24) is 4.90 Å². The molecule has 2 aliphatic heterocycles. The fraction of sp³-hybridized carbons (Fsp3) is 0.545. The van der Waals surface area contributed by atoms with Crippen molar-refractivity contribution in [2.75, 3.05) is 31.1 Å². The lowest BCUT2D eigenvalue weighted by Gasteiger charge is -2.20. The number of amidine groups is 1. The van der Waals surface area contributed by atoms with E-state index < -0.39 is 0 Å². The van der Waals surface area contributed by atoms with Crippen LogP contribution in [0, 0.1) is 5.92 Å². The average Bonchev–Trinajstić information content (AvgIpc) is 3.39. The molecular formula is C22H30N3O2+. The number of likely N-dealkylation sites (N-methyl/N-ethyl adjacent to an activating group) is 1. The lowest BCUT2D eigenvalue weighted by atomic mass is 10.1. The quantitative estimate of drug-likeness (QED) is 0.591. The third-order valence-electron chi connectivity index (χ3n) is 6.18. The van der Waals surface area contributed by atoms with E-state index >= 15 is 0 Å². The van der Waals surface area contributed by atoms with Crippen LogP contribution in [0.25, 0.3) is 6.08 Å². The molecule has 2 atom stereocenters. The summed E-state index contributed by atoms with van der Waals surface area (Å²) in [4.78, 5) is 17.0. The molecule has 0 aromatic heterocycles. The molecule has 0 spiro atoms. The van der Waals surface area contributed by atoms with Crippen LogP contribution >= 0.6 is 0 Å². The normalized spacial score (nSPS) is 28.3. The summed E-state index contributed by atoms with van der Waals surface area (Å²) < 4.78 is 8.43. The minimum absolute atomic E-state index is 0.0249. The summed E-state index contributed by atoms with van der Waals surface area (Å²) in [5.41, 5.74) is 2.20. The molecular weight excluding hydrogens is 338 g/mol. The van der Waals surface area contributed by atoms with E-state index in [-0.39, 0.29) is 5.91 Å². The number of ether oxygens (including phenoxy) is 1. The Labute approximate surface area is 161 Å². The van der Waals surface area contributed by atoms with Crippen LogP contribution in [0.2, 0.25) is 0 Å². The summed E-state index contributed by atoms with van der Waals surface area (Å²) in [5.74, 6) is 1.17. The molecule has 2 heterocycles. The Morgan fingerprint density at radius 1 is 1.19 bits per heavy atom. The Morgan fingerprint density at radius 3 is 2.48 bits per heavy atom. The molecule has 1 amide bonds. The van der Waals surface area contributed by atoms with Crippen molar-refractivity contribution in [2.45, 2.75) is 46.1 Å². The van der Waals surface area contributed by atoms with E-state index in [4.69, 9.17) is 4.74 Å². The highest BCUT2D eigenvalue weighted by Gasteiger charge is 2.49. The van der Waals surface area contributed by atoms with E-state index in [1.54, 1.807) is 4.90 Å². The van der Waals surface area contributed by atoms with Crippen molar-refractivity contribution in [3.8, 4) is 0 Å². The molecule has 27 heavy (non-hydrogen) atoms. The fourth-order valence-electron chi connectivity index (χ4n) is 4.68. The number of nitrogens with zero attached hydrogens (tertiary/aromatic N) is 3. The van der Waals surface area contributed by atoms with Gasteiger partial charge in [-0.25, -0.2) is 9.37 Å². The first kappa shape index (κ1) is 18.1. The van der Waals surface area contributed by atoms with E-state index in [0.717, 1.165) is 37.1 Å². The summed E-state index contributed by atoms with van der Waals surface area (Å²) in [5, 5.41) is 0. The Balaban J connectivity index is 1.59. The van der Waals surface area contributed by atoms with Gasteiger partial charge in [0.1, 0.15) is 0 Å². The van der Waals surface area contributed by atoms with Crippen LogP contribution in [0.4, 0.5) is 5.69 Å². The fourth-order valence-corrected chi connectivity index (χ4v) is 4.68. The van der Waals surface area contributed by atoms with Gasteiger partial charge >= 0.3 is 11.9 Å². The van der Waals surface area contributed by atoms with E-state index in [2.05, 4.69) is 47.6 Å². The highest BCUT2D eigenvalue weighted by atomic mass is 16.5. The van der Waals surface area contributed by atoms with E-state index in [9.17, 15) is 4.79 Å². The van der Waals surface area contributed by atoms with Crippen molar-refractivity contribution in [3.05, 3.63) is 35.6 Å². The predicted octanol–water partition coefficient (Wildman–Crippen LogP) is 3.30. The molecule has 2 unspecified atom stereocenters. The molecule has 2 saturated heterocycles. The number of carbonyl (C=O) groups is 1. The molecule has 5 heteroatoms. The predicted molar refractivity (Wildman–Crippen MR) is 108 cm³/mol. The van der Waals surface area contributed by atoms with Gasteiger partial charge in [-0.05, 0) is 63.8 Å². The van der Waals surface area contributed by atoms with E-state index in [1.807, 2.05) is 13.0 Å². The summed E-state index contributed by atoms with van der Waals surface area (Å²) >= 11 is 0. The number of rotatable bonds is 5. The number of fused-ring (bicyclic) bond motifs is 2. The molecule has 1 aliphatic carbocycles. The van der Waals surface area contributed by atoms with Crippen molar-refractivity contribution >= 4 is 23.7 Å². The monoisotopic (exact) mass is 368 g/mol. The molecule has 5 nitrogen and oxygen atoms in total. The van der Waals surface area contributed by atoms with Crippen LogP contribution in [0.3, 0.4) is 0 Å². The molecule has 0 N–H and O–H groups in total. The molecule has 2 bridgehead atoms. The Kier molecular flexibility index (Phi) is 4.94. The Morgan fingerprint density at radius 2 is 1.93 bits per heavy atom. The van der Waals surface area contributed by atoms with Crippen molar-refractivity contribution < 1.29 is 14.1 Å². The Bertz CT molecular complexity index is 777. The van der Waals surface area contributed by atoms with E-state index in [0.29, 0.717) is 18.3 Å². The number of amides is 1. The van der Waals surface area contributed by atoms with Crippen LogP contribution in [0.1, 0.15) is 45.6 Å². The second-order valence-corrected chi connectivity index (χ2v) is 7.69. The average molecular weight is 369 g/mol. The maximum Gasteiger partial charge on any atom is 0.460 e. The first-order valence-corrected chi connectivity index (χ1v) is 10.3. The van der Waals surface area contributed by atoms with Gasteiger partial charge in [0.25, 0.3) is 0 Å². The van der Waals surface area contributed by atoms with Gasteiger partial charge in [0.05, 0.1) is 19.1 Å². The molecule has 3 fully saturated rings. The highest BCUT2D eigenvalue weighted by Crippen LogP contribution is 2.36. The number of piperidine rings is 1. The zero-order valence-electron chi connectivity index (χ0n) is 16.6. The van der Waals surface area contributed by atoms with Crippen molar-refractivity contribution in [3.63, 3.8) is 0 Å². The minimum Gasteiger partial charge on any atom is -0.383 e. The number of anilines is 1. The van der Waals surface area contributed by atoms with Crippen LogP contribution in [-0.4, -0.2) is 53.6 Å². The first-order valence-electron chi connectivity index (χ1n) is 10.3. The topological polar surface area (TPSA) is 35.8 Å². The maximum absolute atomic E-state index is 12.9. The third-order valence-corrected chi connectivity index (χ3v) is 6.18. The lowest BCUT2D eigenvalue weighted by Crippen LogP contribution is -2.39. The van der Waals surface area contributed by atoms with Gasteiger partial charge in [-0.15, -0.1) is 0 Å². The van der Waals surface area contributed by atoms with Crippen molar-refractivity contribution in [2.24, 2.45) is 5.92 Å². The number of hydrogen-bond acceptors (Lipinski definition) is 3. The van der Waals surface area contributed by atoms with Gasteiger partial charge in [-0.3, -0.25) is 0 Å². The summed E-state index contributed by atoms with van der Waals surface area (Å²) in [7, 11) is 0. The lowest BCUT2D eigenvalue weighted by molar-refractivity contribution is -0.564. The summed E-state index contributed by atoms with van der Waals surface area (Å²) in [6.45, 7) is 9.96. The third kappa shape index (κ3) is 3.24.